The molecule has 0 aromatic carbocycles. The summed E-state index contributed by atoms with van der Waals surface area (Å²) in [6.45, 7) is 4.73. The highest BCUT2D eigenvalue weighted by atomic mass is 16.5. The van der Waals surface area contributed by atoms with Crippen molar-refractivity contribution in [2.24, 2.45) is 0 Å². The predicted octanol–water partition coefficient (Wildman–Crippen LogP) is -0.649. The van der Waals surface area contributed by atoms with E-state index in [0.29, 0.717) is 59.2 Å². The fraction of sp³-hybridized carbons (Fsp3) is 0.889. The van der Waals surface area contributed by atoms with Gasteiger partial charge in [0.1, 0.15) is 12.6 Å². The van der Waals surface area contributed by atoms with E-state index >= 15 is 0 Å². The van der Waals surface area contributed by atoms with Gasteiger partial charge < -0.3 is 34.1 Å². The zero-order chi connectivity index (χ0) is 19.9. The molecule has 0 aliphatic carbocycles. The summed E-state index contributed by atoms with van der Waals surface area (Å²) in [6, 6.07) is -0.402. The number of carbonyl (C=O) groups excluding carboxylic acids is 2. The Morgan fingerprint density at radius 3 is 2.52 bits per heavy atom. The van der Waals surface area contributed by atoms with Crippen LogP contribution in [-0.2, 0) is 28.5 Å². The monoisotopic (exact) mass is 389 g/mol. The molecule has 1 atom stereocenters. The fourth-order valence-electron chi connectivity index (χ4n) is 2.77. The van der Waals surface area contributed by atoms with Crippen molar-refractivity contribution < 1.29 is 28.5 Å². The minimum atomic E-state index is -0.402. The second kappa shape index (κ2) is 14.8. The first-order chi connectivity index (χ1) is 13.1. The molecular weight excluding hydrogens is 354 g/mol. The Balaban J connectivity index is 2.27. The Labute approximate surface area is 162 Å². The highest BCUT2D eigenvalue weighted by molar-refractivity contribution is 5.88. The van der Waals surface area contributed by atoms with E-state index in [-0.39, 0.29) is 18.4 Å². The van der Waals surface area contributed by atoms with Gasteiger partial charge in [0.05, 0.1) is 39.6 Å². The molecule has 27 heavy (non-hydrogen) atoms. The van der Waals surface area contributed by atoms with Gasteiger partial charge in [-0.3, -0.25) is 9.59 Å². The van der Waals surface area contributed by atoms with Gasteiger partial charge in [0.25, 0.3) is 0 Å². The van der Waals surface area contributed by atoms with E-state index in [4.69, 9.17) is 18.9 Å². The standard InChI is InChI=1S/C18H35N3O6/c1-19-6-9-25-10-8-20(2)18(23)16-5-4-7-21(16)17(22)15-27-14-13-26-12-11-24-3/h16,19H,4-15H2,1-3H3. The largest absolute Gasteiger partial charge is 0.382 e. The summed E-state index contributed by atoms with van der Waals surface area (Å²) in [6.07, 6.45) is 1.52. The Morgan fingerprint density at radius 2 is 1.78 bits per heavy atom. The molecule has 1 aliphatic rings. The van der Waals surface area contributed by atoms with Gasteiger partial charge in [-0.05, 0) is 19.9 Å². The van der Waals surface area contributed by atoms with Gasteiger partial charge in [-0.2, -0.15) is 0 Å². The second-order valence-electron chi connectivity index (χ2n) is 6.38. The van der Waals surface area contributed by atoms with Crippen LogP contribution in [-0.4, -0.2) is 115 Å². The fourth-order valence-corrected chi connectivity index (χ4v) is 2.77. The van der Waals surface area contributed by atoms with Crippen LogP contribution in [0.4, 0.5) is 0 Å². The number of carbonyl (C=O) groups is 2. The third-order valence-corrected chi connectivity index (χ3v) is 4.33. The van der Waals surface area contributed by atoms with Crippen LogP contribution < -0.4 is 5.32 Å². The van der Waals surface area contributed by atoms with E-state index in [2.05, 4.69) is 5.32 Å². The molecule has 1 rings (SSSR count). The van der Waals surface area contributed by atoms with Crippen LogP contribution in [0.1, 0.15) is 12.8 Å². The number of amides is 2. The lowest BCUT2D eigenvalue weighted by Gasteiger charge is -2.28. The average Bonchev–Trinajstić information content (AvgIpc) is 3.16. The van der Waals surface area contributed by atoms with Crippen molar-refractivity contribution in [2.45, 2.75) is 18.9 Å². The molecule has 1 N–H and O–H groups in total. The summed E-state index contributed by atoms with van der Waals surface area (Å²) in [4.78, 5) is 28.3. The number of nitrogens with zero attached hydrogens (tertiary/aromatic N) is 2. The van der Waals surface area contributed by atoms with Gasteiger partial charge in [0, 0.05) is 33.8 Å². The van der Waals surface area contributed by atoms with Crippen molar-refractivity contribution >= 4 is 11.8 Å². The van der Waals surface area contributed by atoms with Gasteiger partial charge in [-0.25, -0.2) is 0 Å². The van der Waals surface area contributed by atoms with Crippen LogP contribution in [0.2, 0.25) is 0 Å². The Bertz CT molecular complexity index is 424. The molecule has 1 aliphatic heterocycles. The number of methoxy groups -OCH3 is 1. The number of ether oxygens (including phenoxy) is 4. The lowest BCUT2D eigenvalue weighted by atomic mass is 10.2. The van der Waals surface area contributed by atoms with Crippen molar-refractivity contribution in [1.82, 2.24) is 15.1 Å². The van der Waals surface area contributed by atoms with Crippen molar-refractivity contribution in [2.75, 3.05) is 87.1 Å². The second-order valence-corrected chi connectivity index (χ2v) is 6.38. The normalized spacial score (nSPS) is 16.7. The molecule has 0 aromatic rings. The summed E-state index contributed by atoms with van der Waals surface area (Å²) in [7, 11) is 5.22. The number of nitrogens with one attached hydrogen (secondary N) is 1. The first-order valence-corrected chi connectivity index (χ1v) is 9.53. The molecule has 2 amide bonds. The highest BCUT2D eigenvalue weighted by Gasteiger charge is 2.35. The minimum Gasteiger partial charge on any atom is -0.382 e. The van der Waals surface area contributed by atoms with E-state index in [9.17, 15) is 9.59 Å². The molecule has 0 bridgehead atoms. The highest BCUT2D eigenvalue weighted by Crippen LogP contribution is 2.19. The summed E-state index contributed by atoms with van der Waals surface area (Å²) in [5.74, 6) is -0.192. The van der Waals surface area contributed by atoms with Gasteiger partial charge >= 0.3 is 0 Å². The zero-order valence-corrected chi connectivity index (χ0v) is 16.9. The Kier molecular flexibility index (Phi) is 13.0. The van der Waals surface area contributed by atoms with Crippen molar-refractivity contribution in [3.05, 3.63) is 0 Å². The summed E-state index contributed by atoms with van der Waals surface area (Å²) in [5.41, 5.74) is 0. The van der Waals surface area contributed by atoms with E-state index in [0.717, 1.165) is 13.0 Å². The lowest BCUT2D eigenvalue weighted by Crippen LogP contribution is -2.48. The molecule has 0 saturated carbocycles. The molecule has 9 heteroatoms. The van der Waals surface area contributed by atoms with Gasteiger partial charge in [0.15, 0.2) is 0 Å². The smallest absolute Gasteiger partial charge is 0.249 e. The summed E-state index contributed by atoms with van der Waals surface area (Å²) in [5, 5.41) is 3.00. The quantitative estimate of drug-likeness (QED) is 0.372. The molecular formula is C18H35N3O6. The molecule has 9 nitrogen and oxygen atoms in total. The van der Waals surface area contributed by atoms with Crippen LogP contribution >= 0.6 is 0 Å². The van der Waals surface area contributed by atoms with Gasteiger partial charge in [-0.15, -0.1) is 0 Å². The van der Waals surface area contributed by atoms with Crippen molar-refractivity contribution in [3.63, 3.8) is 0 Å². The van der Waals surface area contributed by atoms with E-state index in [1.807, 2.05) is 7.05 Å². The van der Waals surface area contributed by atoms with E-state index in [1.54, 1.807) is 24.0 Å². The maximum Gasteiger partial charge on any atom is 0.249 e. The third-order valence-electron chi connectivity index (χ3n) is 4.33. The third kappa shape index (κ3) is 9.48. The van der Waals surface area contributed by atoms with E-state index in [1.165, 1.54) is 0 Å². The molecule has 158 valence electrons. The molecule has 1 fully saturated rings. The first kappa shape index (κ1) is 23.8. The zero-order valence-electron chi connectivity index (χ0n) is 16.9. The lowest BCUT2D eigenvalue weighted by molar-refractivity contribution is -0.146. The van der Waals surface area contributed by atoms with Crippen molar-refractivity contribution in [1.29, 1.82) is 0 Å². The van der Waals surface area contributed by atoms with Crippen LogP contribution in [0.25, 0.3) is 0 Å². The number of rotatable bonds is 15. The molecule has 1 heterocycles. The Morgan fingerprint density at radius 1 is 1.07 bits per heavy atom. The van der Waals surface area contributed by atoms with Crippen molar-refractivity contribution in [3.8, 4) is 0 Å². The summed E-state index contributed by atoms with van der Waals surface area (Å²) < 4.78 is 21.0. The number of hydrogen-bond acceptors (Lipinski definition) is 7. The predicted molar refractivity (Wildman–Crippen MR) is 101 cm³/mol. The molecule has 1 saturated heterocycles. The van der Waals surface area contributed by atoms with Crippen LogP contribution in [0.15, 0.2) is 0 Å². The van der Waals surface area contributed by atoms with Gasteiger partial charge in [-0.1, -0.05) is 0 Å². The molecule has 0 spiro atoms. The number of likely N-dealkylation sites (tertiary alicyclic amines) is 1. The minimum absolute atomic E-state index is 0.0335. The Hall–Kier alpha value is -1.26. The molecule has 0 aromatic heterocycles. The van der Waals surface area contributed by atoms with Gasteiger partial charge in [0.2, 0.25) is 11.8 Å². The molecule has 1 unspecified atom stereocenters. The first-order valence-electron chi connectivity index (χ1n) is 9.53. The maximum atomic E-state index is 12.6. The summed E-state index contributed by atoms with van der Waals surface area (Å²) >= 11 is 0. The topological polar surface area (TPSA) is 89.6 Å². The van der Waals surface area contributed by atoms with Crippen LogP contribution in [0.3, 0.4) is 0 Å². The van der Waals surface area contributed by atoms with Crippen LogP contribution in [0.5, 0.6) is 0 Å². The average molecular weight is 389 g/mol. The number of hydrogen-bond donors (Lipinski definition) is 1. The van der Waals surface area contributed by atoms with E-state index < -0.39 is 6.04 Å². The maximum absolute atomic E-state index is 12.6. The SMILES string of the molecule is CNCCOCCN(C)C(=O)C1CCCN1C(=O)COCCOCCOC. The molecule has 0 radical (unpaired) electrons. The number of likely N-dealkylation sites (N-methyl/N-ethyl adjacent to an activating group) is 2. The van der Waals surface area contributed by atoms with Crippen LogP contribution in [0, 0.1) is 0 Å².